The number of phenolic OH excluding ortho intramolecular Hbond substituents is 1. The molecule has 4 aromatic carbocycles. The topological polar surface area (TPSA) is 92.9 Å². The molecule has 0 bridgehead atoms. The van der Waals surface area contributed by atoms with Gasteiger partial charge in [0.15, 0.2) is 0 Å². The Morgan fingerprint density at radius 2 is 1.46 bits per heavy atom. The van der Waals surface area contributed by atoms with Gasteiger partial charge in [-0.3, -0.25) is 4.79 Å². The fourth-order valence-electron chi connectivity index (χ4n) is 4.35. The number of hydrazone groups is 1. The molecule has 7 heteroatoms. The quantitative estimate of drug-likeness (QED) is 0.156. The van der Waals surface area contributed by atoms with Gasteiger partial charge in [0.05, 0.1) is 30.3 Å². The molecule has 2 N–H and O–H groups in total. The van der Waals surface area contributed by atoms with Crippen LogP contribution in [0.2, 0.25) is 0 Å². The van der Waals surface area contributed by atoms with Gasteiger partial charge in [-0.05, 0) is 59.7 Å². The summed E-state index contributed by atoms with van der Waals surface area (Å²) in [6.07, 6.45) is 1.61. The molecule has 0 atom stereocenters. The highest BCUT2D eigenvalue weighted by molar-refractivity contribution is 5.97. The van der Waals surface area contributed by atoms with Crippen LogP contribution in [0.5, 0.6) is 5.75 Å². The van der Waals surface area contributed by atoms with Crippen molar-refractivity contribution in [1.29, 1.82) is 0 Å². The lowest BCUT2D eigenvalue weighted by Gasteiger charge is -2.15. The monoisotopic (exact) mass is 515 g/mol. The summed E-state index contributed by atoms with van der Waals surface area (Å²) in [5.41, 5.74) is 8.59. The Kier molecular flexibility index (Phi) is 7.32. The average molecular weight is 516 g/mol. The summed E-state index contributed by atoms with van der Waals surface area (Å²) in [6.45, 7) is 0. The van der Waals surface area contributed by atoms with Crippen molar-refractivity contribution < 1.29 is 19.4 Å². The smallest absolute Gasteiger partial charge is 0.337 e. The van der Waals surface area contributed by atoms with Crippen LogP contribution in [0.15, 0.2) is 120 Å². The van der Waals surface area contributed by atoms with E-state index in [9.17, 15) is 14.7 Å². The van der Waals surface area contributed by atoms with Gasteiger partial charge in [-0.1, -0.05) is 66.7 Å². The predicted octanol–water partition coefficient (Wildman–Crippen LogP) is 6.07. The zero-order chi connectivity index (χ0) is 27.2. The normalized spacial score (nSPS) is 10.9. The Balaban J connectivity index is 1.63. The Morgan fingerprint density at radius 3 is 2.10 bits per heavy atom. The van der Waals surface area contributed by atoms with Crippen LogP contribution in [0.4, 0.5) is 0 Å². The molecule has 0 unspecified atom stereocenters. The Labute approximate surface area is 225 Å². The van der Waals surface area contributed by atoms with E-state index in [-0.39, 0.29) is 5.75 Å². The fourth-order valence-corrected chi connectivity index (χ4v) is 4.35. The third-order valence-electron chi connectivity index (χ3n) is 6.17. The number of carbonyl (C=O) groups excluding carboxylic acids is 2. The van der Waals surface area contributed by atoms with Gasteiger partial charge >= 0.3 is 5.97 Å². The first kappa shape index (κ1) is 25.2. The maximum Gasteiger partial charge on any atom is 0.337 e. The number of hydrogen-bond donors (Lipinski definition) is 2. The molecule has 1 heterocycles. The van der Waals surface area contributed by atoms with E-state index < -0.39 is 11.9 Å². The van der Waals surface area contributed by atoms with Gasteiger partial charge < -0.3 is 14.4 Å². The van der Waals surface area contributed by atoms with Gasteiger partial charge in [0.25, 0.3) is 5.91 Å². The second-order valence-corrected chi connectivity index (χ2v) is 8.69. The van der Waals surface area contributed by atoms with Crippen LogP contribution in [0, 0.1) is 0 Å². The maximum absolute atomic E-state index is 12.6. The minimum absolute atomic E-state index is 0.000732. The van der Waals surface area contributed by atoms with Gasteiger partial charge in [-0.25, -0.2) is 10.2 Å². The van der Waals surface area contributed by atoms with Crippen molar-refractivity contribution in [3.63, 3.8) is 0 Å². The number of carbonyl (C=O) groups is 2. The van der Waals surface area contributed by atoms with Crippen molar-refractivity contribution in [2.24, 2.45) is 5.10 Å². The zero-order valence-corrected chi connectivity index (χ0v) is 21.1. The summed E-state index contributed by atoms with van der Waals surface area (Å²) in [6, 6.07) is 35.1. The molecular weight excluding hydrogens is 490 g/mol. The number of aromatic hydroxyl groups is 1. The highest BCUT2D eigenvalue weighted by Crippen LogP contribution is 2.35. The minimum Gasteiger partial charge on any atom is -0.508 e. The van der Waals surface area contributed by atoms with E-state index in [0.717, 1.165) is 33.8 Å². The van der Waals surface area contributed by atoms with E-state index in [4.69, 9.17) is 4.74 Å². The second kappa shape index (κ2) is 11.3. The number of esters is 1. The summed E-state index contributed by atoms with van der Waals surface area (Å²) in [5, 5.41) is 13.9. The molecule has 39 heavy (non-hydrogen) atoms. The Bertz CT molecular complexity index is 1640. The molecule has 0 fully saturated rings. The average Bonchev–Trinajstić information content (AvgIpc) is 3.37. The van der Waals surface area contributed by atoms with Crippen LogP contribution < -0.4 is 5.43 Å². The number of phenols is 1. The van der Waals surface area contributed by atoms with E-state index in [1.807, 2.05) is 78.9 Å². The number of hydrogen-bond acceptors (Lipinski definition) is 5. The number of methoxy groups -OCH3 is 1. The number of benzene rings is 4. The fraction of sp³-hybridized carbons (Fsp3) is 0.0312. The number of nitrogens with one attached hydrogen (secondary N) is 1. The molecule has 0 spiro atoms. The molecule has 5 rings (SSSR count). The first-order chi connectivity index (χ1) is 19.0. The molecule has 0 aliphatic rings. The number of ether oxygens (including phenoxy) is 1. The van der Waals surface area contributed by atoms with Gasteiger partial charge in [0.1, 0.15) is 5.75 Å². The standard InChI is InChI=1S/C32H25N3O4/c1-39-32(38)24-15-17-27(18-16-24)35-29(22-9-4-2-5-10-22)20-26(30(35)23-11-6-3-7-12-23)21-33-34-31(37)25-13-8-14-28(36)19-25/h2-21,36H,1H3,(H,34,37). The number of aromatic nitrogens is 1. The van der Waals surface area contributed by atoms with Crippen molar-refractivity contribution in [3.8, 4) is 34.0 Å². The predicted molar refractivity (Wildman–Crippen MR) is 151 cm³/mol. The molecule has 7 nitrogen and oxygen atoms in total. The molecule has 0 saturated carbocycles. The van der Waals surface area contributed by atoms with Crippen molar-refractivity contribution in [2.45, 2.75) is 0 Å². The number of nitrogens with zero attached hydrogens (tertiary/aromatic N) is 2. The van der Waals surface area contributed by atoms with Crippen LogP contribution in [0.1, 0.15) is 26.3 Å². The molecule has 0 radical (unpaired) electrons. The van der Waals surface area contributed by atoms with Crippen LogP contribution in [-0.2, 0) is 4.74 Å². The molecule has 1 amide bonds. The van der Waals surface area contributed by atoms with Gasteiger partial charge in [-0.15, -0.1) is 0 Å². The van der Waals surface area contributed by atoms with Crippen LogP contribution >= 0.6 is 0 Å². The maximum atomic E-state index is 12.6. The molecule has 5 aromatic rings. The summed E-state index contributed by atoms with van der Waals surface area (Å²) in [5.74, 6) is -0.846. The molecule has 0 aliphatic heterocycles. The number of amides is 1. The highest BCUT2D eigenvalue weighted by Gasteiger charge is 2.19. The SMILES string of the molecule is COC(=O)c1ccc(-n2c(-c3ccccc3)cc(C=NNC(=O)c3cccc(O)c3)c2-c2ccccc2)cc1. The van der Waals surface area contributed by atoms with Gasteiger partial charge in [-0.2, -0.15) is 5.10 Å². The lowest BCUT2D eigenvalue weighted by molar-refractivity contribution is 0.0600. The third-order valence-corrected chi connectivity index (χ3v) is 6.17. The second-order valence-electron chi connectivity index (χ2n) is 8.69. The largest absolute Gasteiger partial charge is 0.508 e. The van der Waals surface area contributed by atoms with Gasteiger partial charge in [0.2, 0.25) is 0 Å². The van der Waals surface area contributed by atoms with E-state index in [2.05, 4.69) is 15.1 Å². The summed E-state index contributed by atoms with van der Waals surface area (Å²) in [4.78, 5) is 24.6. The Hall–Kier alpha value is -5.43. The highest BCUT2D eigenvalue weighted by atomic mass is 16.5. The van der Waals surface area contributed by atoms with Crippen molar-refractivity contribution >= 4 is 18.1 Å². The molecule has 1 aromatic heterocycles. The number of rotatable bonds is 7. The Morgan fingerprint density at radius 1 is 0.795 bits per heavy atom. The molecule has 0 aliphatic carbocycles. The van der Waals surface area contributed by atoms with E-state index in [1.165, 1.54) is 19.2 Å². The first-order valence-electron chi connectivity index (χ1n) is 12.2. The first-order valence-corrected chi connectivity index (χ1v) is 12.2. The van der Waals surface area contributed by atoms with E-state index >= 15 is 0 Å². The molecular formula is C32H25N3O4. The van der Waals surface area contributed by atoms with Gasteiger partial charge in [0, 0.05) is 16.8 Å². The summed E-state index contributed by atoms with van der Waals surface area (Å²) < 4.78 is 6.96. The van der Waals surface area contributed by atoms with E-state index in [1.54, 1.807) is 30.5 Å². The molecule has 0 saturated heterocycles. The summed E-state index contributed by atoms with van der Waals surface area (Å²) >= 11 is 0. The lowest BCUT2D eigenvalue weighted by atomic mass is 10.1. The molecule has 192 valence electrons. The van der Waals surface area contributed by atoms with Crippen LogP contribution in [0.3, 0.4) is 0 Å². The zero-order valence-electron chi connectivity index (χ0n) is 21.1. The van der Waals surface area contributed by atoms with Crippen LogP contribution in [0.25, 0.3) is 28.2 Å². The van der Waals surface area contributed by atoms with Crippen LogP contribution in [-0.4, -0.2) is 34.9 Å². The lowest BCUT2D eigenvalue weighted by Crippen LogP contribution is -2.17. The van der Waals surface area contributed by atoms with E-state index in [0.29, 0.717) is 11.1 Å². The minimum atomic E-state index is -0.440. The van der Waals surface area contributed by atoms with Crippen molar-refractivity contribution in [2.75, 3.05) is 7.11 Å². The van der Waals surface area contributed by atoms with Crippen molar-refractivity contribution in [1.82, 2.24) is 9.99 Å². The van der Waals surface area contributed by atoms with Crippen molar-refractivity contribution in [3.05, 3.63) is 132 Å². The summed E-state index contributed by atoms with van der Waals surface area (Å²) in [7, 11) is 1.36. The third kappa shape index (κ3) is 5.47.